The van der Waals surface area contributed by atoms with E-state index >= 15 is 0 Å². The fourth-order valence-corrected chi connectivity index (χ4v) is 13.5. The second-order valence-electron chi connectivity index (χ2n) is 12.5. The summed E-state index contributed by atoms with van der Waals surface area (Å²) < 4.78 is 76.9. The van der Waals surface area contributed by atoms with Crippen molar-refractivity contribution < 1.29 is 25.9 Å². The van der Waals surface area contributed by atoms with Crippen LogP contribution < -0.4 is 31.8 Å². The van der Waals surface area contributed by atoms with Gasteiger partial charge in [0, 0.05) is 0 Å². The van der Waals surface area contributed by atoms with E-state index < -0.39 is 36.1 Å². The molecule has 0 aliphatic heterocycles. The smallest absolute Gasteiger partial charge is 0.125 e. The van der Waals surface area contributed by atoms with Gasteiger partial charge >= 0.3 is 0 Å². The van der Waals surface area contributed by atoms with Crippen LogP contribution in [0.1, 0.15) is 0 Å². The lowest BCUT2D eigenvalue weighted by molar-refractivity contribution is 0.462. The average Bonchev–Trinajstić information content (AvgIpc) is 3.18. The van der Waals surface area contributed by atoms with E-state index in [4.69, 9.17) is 0 Å². The third-order valence-corrected chi connectivity index (χ3v) is 16.1. The summed E-state index contributed by atoms with van der Waals surface area (Å²) in [6.07, 6.45) is 0. The predicted molar refractivity (Wildman–Crippen MR) is 220 cm³/mol. The lowest BCUT2D eigenvalue weighted by atomic mass is 9.93. The highest BCUT2D eigenvalue weighted by molar-refractivity contribution is 7.86. The Morgan fingerprint density at radius 2 is 0.611 bits per heavy atom. The highest BCUT2D eigenvalue weighted by Crippen LogP contribution is 2.46. The minimum Gasteiger partial charge on any atom is -0.744 e. The van der Waals surface area contributed by atoms with Gasteiger partial charge in [0.15, 0.2) is 0 Å². The Balaban J connectivity index is 1.62. The molecule has 0 aliphatic rings. The van der Waals surface area contributed by atoms with Crippen LogP contribution in [0.3, 0.4) is 0 Å². The lowest BCUT2D eigenvalue weighted by Crippen LogP contribution is -2.26. The molecule has 0 saturated heterocycles. The molecule has 0 amide bonds. The summed E-state index contributed by atoms with van der Waals surface area (Å²) in [7, 11) is -12.5. The minimum absolute atomic E-state index is 0.252. The molecule has 0 unspecified atom stereocenters. The van der Waals surface area contributed by atoms with Gasteiger partial charge in [0.2, 0.25) is 0 Å². The maximum atomic E-state index is 12.8. The number of benzene rings is 8. The van der Waals surface area contributed by atoms with Crippen molar-refractivity contribution in [2.75, 3.05) is 0 Å². The quantitative estimate of drug-likeness (QED) is 0.115. The molecule has 8 aromatic rings. The molecule has 54 heavy (non-hydrogen) atoms. The average molecular weight is 781 g/mol. The Morgan fingerprint density at radius 1 is 0.315 bits per heavy atom. The highest BCUT2D eigenvalue weighted by atomic mass is 32.2. The topological polar surface area (TPSA) is 114 Å². The van der Waals surface area contributed by atoms with Gasteiger partial charge in [-0.3, -0.25) is 0 Å². The number of fused-ring (bicyclic) bond motifs is 2. The first-order valence-electron chi connectivity index (χ1n) is 17.0. The van der Waals surface area contributed by atoms with Crippen molar-refractivity contribution in [1.82, 2.24) is 0 Å². The summed E-state index contributed by atoms with van der Waals surface area (Å²) in [6, 6.07) is 56.8. The highest BCUT2D eigenvalue weighted by Gasteiger charge is 2.29. The summed E-state index contributed by atoms with van der Waals surface area (Å²) in [6.45, 7) is 0. The number of hydrogen-bond donors (Lipinski definition) is 0. The monoisotopic (exact) mass is 780 g/mol. The van der Waals surface area contributed by atoms with Crippen molar-refractivity contribution in [3.05, 3.63) is 182 Å². The van der Waals surface area contributed by atoms with Crippen LogP contribution in [0.5, 0.6) is 0 Å². The van der Waals surface area contributed by atoms with Gasteiger partial charge in [0.05, 0.1) is 9.79 Å². The standard InChI is InChI=1S/C44H32O6P2S2/c45-53(46,47)41-25-13-23-37-35(41)27-29-39(51(31-15-5-1-6-16-31)32-17-7-2-8-18-32)43(37)44-38-24-14-26-42(54(48,49)50)36(38)28-30-40(44)52(33-19-9-3-10-20-33)34-21-11-4-12-22-34/h1-30H,(H,45,46,47)(H,48,49,50)/p-2. The van der Waals surface area contributed by atoms with Crippen LogP contribution in [-0.2, 0) is 20.2 Å². The zero-order valence-corrected chi connectivity index (χ0v) is 31.9. The summed E-state index contributed by atoms with van der Waals surface area (Å²) in [5.74, 6) is 0. The summed E-state index contributed by atoms with van der Waals surface area (Å²) >= 11 is 0. The zero-order valence-electron chi connectivity index (χ0n) is 28.5. The van der Waals surface area contributed by atoms with Crippen LogP contribution >= 0.6 is 15.8 Å². The van der Waals surface area contributed by atoms with Crippen LogP contribution in [0.4, 0.5) is 0 Å². The molecule has 0 aromatic heterocycles. The SMILES string of the molecule is O=S(=O)([O-])c1cccc2c(-c3c(P(c4ccccc4)c4ccccc4)ccc4c(S(=O)(=O)[O-])cccc34)c(P(c3ccccc3)c3ccccc3)ccc12. The largest absolute Gasteiger partial charge is 0.744 e. The van der Waals surface area contributed by atoms with Crippen molar-refractivity contribution in [3.8, 4) is 11.1 Å². The summed E-state index contributed by atoms with van der Waals surface area (Å²) in [5.41, 5.74) is 1.33. The normalized spacial score (nSPS) is 12.1. The number of rotatable bonds is 9. The van der Waals surface area contributed by atoms with Crippen molar-refractivity contribution in [2.45, 2.75) is 9.79 Å². The Labute approximate surface area is 316 Å². The van der Waals surface area contributed by atoms with E-state index in [2.05, 4.69) is 48.5 Å². The molecule has 266 valence electrons. The van der Waals surface area contributed by atoms with Crippen LogP contribution in [0.15, 0.2) is 192 Å². The van der Waals surface area contributed by atoms with E-state index in [1.807, 2.05) is 97.1 Å². The van der Waals surface area contributed by atoms with E-state index in [-0.39, 0.29) is 20.6 Å². The van der Waals surface area contributed by atoms with Crippen molar-refractivity contribution >= 4 is 89.5 Å². The van der Waals surface area contributed by atoms with Crippen LogP contribution in [-0.4, -0.2) is 25.9 Å². The first kappa shape index (κ1) is 36.0. The molecular formula is C44H30O6P2S2-2. The second-order valence-corrected chi connectivity index (χ2v) is 19.6. The molecule has 6 nitrogen and oxygen atoms in total. The van der Waals surface area contributed by atoms with Crippen molar-refractivity contribution in [3.63, 3.8) is 0 Å². The third kappa shape index (κ3) is 6.78. The van der Waals surface area contributed by atoms with Gasteiger partial charge in [-0.1, -0.05) is 170 Å². The first-order chi connectivity index (χ1) is 26.1. The van der Waals surface area contributed by atoms with Crippen molar-refractivity contribution in [1.29, 1.82) is 0 Å². The Morgan fingerprint density at radius 3 is 0.889 bits per heavy atom. The van der Waals surface area contributed by atoms with Gasteiger partial charge in [-0.25, -0.2) is 16.8 Å². The van der Waals surface area contributed by atoms with Gasteiger partial charge in [-0.05, 0) is 92.5 Å². The molecule has 0 radical (unpaired) electrons. The van der Waals surface area contributed by atoms with E-state index in [0.717, 1.165) is 31.8 Å². The summed E-state index contributed by atoms with van der Waals surface area (Å²) in [5, 5.41) is 7.41. The molecule has 8 rings (SSSR count). The number of hydrogen-bond acceptors (Lipinski definition) is 6. The maximum Gasteiger partial charge on any atom is 0.125 e. The molecule has 10 heteroatoms. The molecule has 0 N–H and O–H groups in total. The van der Waals surface area contributed by atoms with E-state index in [1.165, 1.54) is 12.1 Å². The maximum absolute atomic E-state index is 12.8. The molecule has 0 atom stereocenters. The fourth-order valence-electron chi connectivity index (χ4n) is 7.13. The van der Waals surface area contributed by atoms with Gasteiger partial charge in [0.1, 0.15) is 20.2 Å². The third-order valence-electron chi connectivity index (χ3n) is 9.33. The van der Waals surface area contributed by atoms with Crippen molar-refractivity contribution in [2.24, 2.45) is 0 Å². The van der Waals surface area contributed by atoms with Gasteiger partial charge < -0.3 is 9.11 Å². The Hall–Kier alpha value is -5.04. The minimum atomic E-state index is -4.91. The first-order valence-corrected chi connectivity index (χ1v) is 22.5. The van der Waals surface area contributed by atoms with Gasteiger partial charge in [-0.2, -0.15) is 0 Å². The lowest BCUT2D eigenvalue weighted by Gasteiger charge is -2.29. The van der Waals surface area contributed by atoms with Crippen LogP contribution in [0.25, 0.3) is 32.7 Å². The van der Waals surface area contributed by atoms with E-state index in [1.54, 1.807) is 24.3 Å². The fraction of sp³-hybridized carbons (Fsp3) is 0. The Bertz CT molecular complexity index is 2590. The molecule has 0 fully saturated rings. The second kappa shape index (κ2) is 14.7. The zero-order chi connectivity index (χ0) is 37.5. The molecular weight excluding hydrogens is 751 g/mol. The van der Waals surface area contributed by atoms with Crippen LogP contribution in [0, 0.1) is 0 Å². The van der Waals surface area contributed by atoms with E-state index in [0.29, 0.717) is 21.9 Å². The molecule has 0 saturated carbocycles. The van der Waals surface area contributed by atoms with Gasteiger partial charge in [-0.15, -0.1) is 0 Å². The predicted octanol–water partition coefficient (Wildman–Crippen LogP) is 6.98. The molecule has 0 heterocycles. The molecule has 0 aliphatic carbocycles. The molecule has 8 aromatic carbocycles. The molecule has 0 bridgehead atoms. The van der Waals surface area contributed by atoms with Crippen LogP contribution in [0.2, 0.25) is 0 Å². The summed E-state index contributed by atoms with van der Waals surface area (Å²) in [4.78, 5) is -0.705. The van der Waals surface area contributed by atoms with Gasteiger partial charge in [0.25, 0.3) is 0 Å². The van der Waals surface area contributed by atoms with E-state index in [9.17, 15) is 25.9 Å². The molecule has 0 spiro atoms. The Kier molecular flexibility index (Phi) is 9.76.